The smallest absolute Gasteiger partial charge is 0.306 e. The van der Waals surface area contributed by atoms with Gasteiger partial charge in [0.2, 0.25) is 0 Å². The zero-order valence-corrected chi connectivity index (χ0v) is 10.0. The normalized spacial score (nSPS) is 19.9. The Bertz CT molecular complexity index is 247. The monoisotopic (exact) mass is 228 g/mol. The maximum Gasteiger partial charge on any atom is 0.306 e. The van der Waals surface area contributed by atoms with E-state index in [4.69, 9.17) is 9.47 Å². The van der Waals surface area contributed by atoms with Crippen LogP contribution in [0.5, 0.6) is 0 Å². The molecule has 0 N–H and O–H groups in total. The predicted molar refractivity (Wildman–Crippen MR) is 58.7 cm³/mol. The van der Waals surface area contributed by atoms with E-state index in [1.807, 2.05) is 0 Å². The van der Waals surface area contributed by atoms with Gasteiger partial charge >= 0.3 is 11.9 Å². The standard InChI is InChI=1S/C12H20O4/c1-9(2)4-3-5-11(13)15-7-10-6-12(14)16-8-10/h9-10H,3-8H2,1-2H3/t10-/m1/s1. The van der Waals surface area contributed by atoms with Crippen molar-refractivity contribution in [2.24, 2.45) is 11.8 Å². The quantitative estimate of drug-likeness (QED) is 0.652. The lowest BCUT2D eigenvalue weighted by Crippen LogP contribution is -2.14. The molecular weight excluding hydrogens is 208 g/mol. The first-order valence-corrected chi connectivity index (χ1v) is 5.89. The van der Waals surface area contributed by atoms with Crippen molar-refractivity contribution in [3.63, 3.8) is 0 Å². The molecule has 0 spiro atoms. The number of cyclic esters (lactones) is 1. The molecule has 0 bridgehead atoms. The summed E-state index contributed by atoms with van der Waals surface area (Å²) in [5.74, 6) is 0.316. The van der Waals surface area contributed by atoms with E-state index in [9.17, 15) is 9.59 Å². The van der Waals surface area contributed by atoms with Gasteiger partial charge < -0.3 is 9.47 Å². The van der Waals surface area contributed by atoms with Crippen molar-refractivity contribution in [2.75, 3.05) is 13.2 Å². The SMILES string of the molecule is CC(C)CCCC(=O)OC[C@@H]1COC(=O)C1. The highest BCUT2D eigenvalue weighted by atomic mass is 16.6. The third-order valence-electron chi connectivity index (χ3n) is 2.58. The molecule has 1 fully saturated rings. The molecule has 1 atom stereocenters. The number of carbonyl (C=O) groups excluding carboxylic acids is 2. The van der Waals surface area contributed by atoms with Gasteiger partial charge in [0.15, 0.2) is 0 Å². The Labute approximate surface area is 96.3 Å². The molecule has 0 radical (unpaired) electrons. The van der Waals surface area contributed by atoms with Crippen molar-refractivity contribution in [1.29, 1.82) is 0 Å². The number of hydrogen-bond acceptors (Lipinski definition) is 4. The average molecular weight is 228 g/mol. The van der Waals surface area contributed by atoms with E-state index in [1.54, 1.807) is 0 Å². The first kappa shape index (κ1) is 13.0. The number of hydrogen-bond donors (Lipinski definition) is 0. The van der Waals surface area contributed by atoms with Gasteiger partial charge in [-0.25, -0.2) is 0 Å². The molecular formula is C12H20O4. The first-order chi connectivity index (χ1) is 7.58. The van der Waals surface area contributed by atoms with Gasteiger partial charge in [-0.15, -0.1) is 0 Å². The molecule has 1 rings (SSSR count). The van der Waals surface area contributed by atoms with Gasteiger partial charge in [-0.1, -0.05) is 20.3 Å². The average Bonchev–Trinajstić information content (AvgIpc) is 2.61. The lowest BCUT2D eigenvalue weighted by atomic mass is 10.1. The third kappa shape index (κ3) is 5.14. The number of esters is 2. The Hall–Kier alpha value is -1.06. The van der Waals surface area contributed by atoms with Crippen LogP contribution >= 0.6 is 0 Å². The minimum absolute atomic E-state index is 0.0570. The van der Waals surface area contributed by atoms with Crippen molar-refractivity contribution in [3.05, 3.63) is 0 Å². The van der Waals surface area contributed by atoms with Crippen LogP contribution in [0.15, 0.2) is 0 Å². The van der Waals surface area contributed by atoms with Crippen molar-refractivity contribution < 1.29 is 19.1 Å². The molecule has 0 aromatic carbocycles. The molecule has 4 heteroatoms. The summed E-state index contributed by atoms with van der Waals surface area (Å²) < 4.78 is 9.87. The molecule has 1 heterocycles. The zero-order chi connectivity index (χ0) is 12.0. The fourth-order valence-corrected chi connectivity index (χ4v) is 1.61. The van der Waals surface area contributed by atoms with E-state index < -0.39 is 0 Å². The summed E-state index contributed by atoms with van der Waals surface area (Å²) in [5, 5.41) is 0. The molecule has 16 heavy (non-hydrogen) atoms. The second-order valence-corrected chi connectivity index (χ2v) is 4.72. The molecule has 0 aromatic heterocycles. The van der Waals surface area contributed by atoms with Gasteiger partial charge in [0.25, 0.3) is 0 Å². The van der Waals surface area contributed by atoms with Crippen LogP contribution < -0.4 is 0 Å². The van der Waals surface area contributed by atoms with E-state index in [1.165, 1.54) is 0 Å². The third-order valence-corrected chi connectivity index (χ3v) is 2.58. The lowest BCUT2D eigenvalue weighted by Gasteiger charge is -2.08. The minimum Gasteiger partial charge on any atom is -0.465 e. The summed E-state index contributed by atoms with van der Waals surface area (Å²) >= 11 is 0. The molecule has 0 amide bonds. The minimum atomic E-state index is -0.194. The topological polar surface area (TPSA) is 52.6 Å². The first-order valence-electron chi connectivity index (χ1n) is 5.89. The molecule has 1 aliphatic heterocycles. The molecule has 1 saturated heterocycles. The van der Waals surface area contributed by atoms with Crippen LogP contribution in [0.3, 0.4) is 0 Å². The van der Waals surface area contributed by atoms with Crippen LogP contribution in [0.25, 0.3) is 0 Å². The summed E-state index contributed by atoms with van der Waals surface area (Å²) in [5.41, 5.74) is 0. The van der Waals surface area contributed by atoms with E-state index >= 15 is 0 Å². The Balaban J connectivity index is 2.04. The summed E-state index contributed by atoms with van der Waals surface area (Å²) in [6.07, 6.45) is 2.76. The van der Waals surface area contributed by atoms with Gasteiger partial charge in [0.05, 0.1) is 19.6 Å². The van der Waals surface area contributed by atoms with Gasteiger partial charge in [-0.3, -0.25) is 9.59 Å². The van der Waals surface area contributed by atoms with Crippen molar-refractivity contribution in [3.8, 4) is 0 Å². The van der Waals surface area contributed by atoms with Crippen LogP contribution in [0.4, 0.5) is 0 Å². The van der Waals surface area contributed by atoms with Gasteiger partial charge in [0.1, 0.15) is 0 Å². The molecule has 1 aliphatic rings. The summed E-state index contributed by atoms with van der Waals surface area (Å²) in [6, 6.07) is 0. The van der Waals surface area contributed by atoms with Crippen LogP contribution in [-0.2, 0) is 19.1 Å². The van der Waals surface area contributed by atoms with Crippen LogP contribution in [-0.4, -0.2) is 25.2 Å². The molecule has 0 aliphatic carbocycles. The molecule has 4 nitrogen and oxygen atoms in total. The van der Waals surface area contributed by atoms with Crippen molar-refractivity contribution in [2.45, 2.75) is 39.5 Å². The number of ether oxygens (including phenoxy) is 2. The maximum absolute atomic E-state index is 11.3. The Morgan fingerprint density at radius 1 is 1.56 bits per heavy atom. The van der Waals surface area contributed by atoms with Crippen LogP contribution in [0.2, 0.25) is 0 Å². The summed E-state index contributed by atoms with van der Waals surface area (Å²) in [6.45, 7) is 4.96. The van der Waals surface area contributed by atoms with Crippen LogP contribution in [0.1, 0.15) is 39.5 Å². The maximum atomic E-state index is 11.3. The summed E-state index contributed by atoms with van der Waals surface area (Å²) in [4.78, 5) is 22.1. The second kappa shape index (κ2) is 6.51. The second-order valence-electron chi connectivity index (χ2n) is 4.72. The van der Waals surface area contributed by atoms with Gasteiger partial charge in [0, 0.05) is 12.3 Å². The fourth-order valence-electron chi connectivity index (χ4n) is 1.61. The molecule has 0 unspecified atom stereocenters. The molecule has 92 valence electrons. The van der Waals surface area contributed by atoms with E-state index in [2.05, 4.69) is 13.8 Å². The van der Waals surface area contributed by atoms with Gasteiger partial charge in [-0.05, 0) is 12.3 Å². The highest BCUT2D eigenvalue weighted by molar-refractivity contribution is 5.72. The molecule has 0 saturated carbocycles. The Morgan fingerprint density at radius 2 is 2.31 bits per heavy atom. The molecule has 0 aromatic rings. The Kier molecular flexibility index (Phi) is 5.29. The lowest BCUT2D eigenvalue weighted by molar-refractivity contribution is -0.145. The number of carbonyl (C=O) groups is 2. The van der Waals surface area contributed by atoms with Gasteiger partial charge in [-0.2, -0.15) is 0 Å². The summed E-state index contributed by atoms with van der Waals surface area (Å²) in [7, 11) is 0. The highest BCUT2D eigenvalue weighted by Crippen LogP contribution is 2.14. The largest absolute Gasteiger partial charge is 0.465 e. The van der Waals surface area contributed by atoms with Crippen molar-refractivity contribution >= 4 is 11.9 Å². The zero-order valence-electron chi connectivity index (χ0n) is 10.0. The van der Waals surface area contributed by atoms with E-state index in [0.717, 1.165) is 12.8 Å². The fraction of sp³-hybridized carbons (Fsp3) is 0.833. The van der Waals surface area contributed by atoms with E-state index in [0.29, 0.717) is 32.0 Å². The van der Waals surface area contributed by atoms with Crippen molar-refractivity contribution in [1.82, 2.24) is 0 Å². The van der Waals surface area contributed by atoms with E-state index in [-0.39, 0.29) is 17.9 Å². The highest BCUT2D eigenvalue weighted by Gasteiger charge is 2.24. The van der Waals surface area contributed by atoms with Crippen LogP contribution in [0, 0.1) is 11.8 Å². The Morgan fingerprint density at radius 3 is 2.88 bits per heavy atom. The predicted octanol–water partition coefficient (Wildman–Crippen LogP) is 1.92. The number of rotatable bonds is 6.